The van der Waals surface area contributed by atoms with Crippen molar-refractivity contribution in [2.75, 3.05) is 0 Å². The van der Waals surface area contributed by atoms with E-state index in [4.69, 9.17) is 14.9 Å². The van der Waals surface area contributed by atoms with Gasteiger partial charge in [0.1, 0.15) is 0 Å². The molecular formula is C9H11O5P. The van der Waals surface area contributed by atoms with Crippen LogP contribution in [0.3, 0.4) is 0 Å². The van der Waals surface area contributed by atoms with Gasteiger partial charge in [-0.1, -0.05) is 12.1 Å². The fraction of sp³-hybridized carbons (Fsp3) is 0.222. The van der Waals surface area contributed by atoms with Crippen molar-refractivity contribution >= 4 is 18.9 Å². The molecule has 0 saturated heterocycles. The van der Waals surface area contributed by atoms with Crippen molar-refractivity contribution in [3.05, 3.63) is 29.8 Å². The van der Waals surface area contributed by atoms with Crippen LogP contribution in [0.15, 0.2) is 24.3 Å². The molecule has 0 aliphatic rings. The lowest BCUT2D eigenvalue weighted by atomic mass is 10.1. The van der Waals surface area contributed by atoms with Crippen molar-refractivity contribution in [2.45, 2.75) is 12.8 Å². The summed E-state index contributed by atoms with van der Waals surface area (Å²) < 4.78 is 10.8. The van der Waals surface area contributed by atoms with E-state index in [-0.39, 0.29) is 11.7 Å². The summed E-state index contributed by atoms with van der Waals surface area (Å²) in [5.41, 5.74) is 0.745. The molecule has 82 valence electrons. The minimum atomic E-state index is -4.19. The minimum absolute atomic E-state index is 0.00918. The van der Waals surface area contributed by atoms with Gasteiger partial charge in [0.2, 0.25) is 0 Å². The standard InChI is InChI=1S/C9H11O5P/c10-9(11)6-3-7-1-4-8(5-2-7)15(12,13)14/h1-2,4-5H,3,6H2,(H,10,11)(H2,12,13,14). The van der Waals surface area contributed by atoms with E-state index in [1.807, 2.05) is 0 Å². The Hall–Kier alpha value is -1.16. The lowest BCUT2D eigenvalue weighted by molar-refractivity contribution is -0.136. The highest BCUT2D eigenvalue weighted by Gasteiger charge is 2.15. The molecule has 0 spiro atoms. The molecule has 0 unspecified atom stereocenters. The average molecular weight is 230 g/mol. The van der Waals surface area contributed by atoms with Crippen molar-refractivity contribution < 1.29 is 24.3 Å². The minimum Gasteiger partial charge on any atom is -0.481 e. The molecule has 0 aromatic heterocycles. The molecule has 6 heteroatoms. The highest BCUT2D eigenvalue weighted by Crippen LogP contribution is 2.32. The van der Waals surface area contributed by atoms with Crippen molar-refractivity contribution in [1.82, 2.24) is 0 Å². The number of carbonyl (C=O) groups is 1. The van der Waals surface area contributed by atoms with E-state index in [2.05, 4.69) is 0 Å². The Kier molecular flexibility index (Phi) is 3.63. The summed E-state index contributed by atoms with van der Waals surface area (Å²) in [6.45, 7) is 0. The molecule has 0 aliphatic carbocycles. The summed E-state index contributed by atoms with van der Waals surface area (Å²) in [6.07, 6.45) is 0.367. The van der Waals surface area contributed by atoms with Gasteiger partial charge in [0, 0.05) is 6.42 Å². The van der Waals surface area contributed by atoms with Crippen LogP contribution in [0, 0.1) is 0 Å². The van der Waals surface area contributed by atoms with Gasteiger partial charge in [-0.15, -0.1) is 0 Å². The summed E-state index contributed by atoms with van der Waals surface area (Å²) in [6, 6.07) is 5.69. The average Bonchev–Trinajstić information content (AvgIpc) is 2.14. The second kappa shape index (κ2) is 4.57. The Bertz CT molecular complexity index is 391. The molecule has 5 nitrogen and oxygen atoms in total. The van der Waals surface area contributed by atoms with Gasteiger partial charge in [-0.3, -0.25) is 9.36 Å². The van der Waals surface area contributed by atoms with Crippen LogP contribution in [0.5, 0.6) is 0 Å². The molecule has 3 N–H and O–H groups in total. The fourth-order valence-electron chi connectivity index (χ4n) is 1.11. The SMILES string of the molecule is O=C(O)CCc1ccc(P(=O)(O)O)cc1. The largest absolute Gasteiger partial charge is 0.481 e. The molecule has 0 atom stereocenters. The second-order valence-corrected chi connectivity index (χ2v) is 4.71. The van der Waals surface area contributed by atoms with Crippen molar-refractivity contribution in [2.24, 2.45) is 0 Å². The molecule has 0 fully saturated rings. The molecule has 0 aliphatic heterocycles. The Morgan fingerprint density at radius 2 is 1.73 bits per heavy atom. The zero-order valence-electron chi connectivity index (χ0n) is 7.83. The first kappa shape index (κ1) is 11.9. The van der Waals surface area contributed by atoms with Gasteiger partial charge in [0.05, 0.1) is 5.30 Å². The predicted octanol–water partition coefficient (Wildman–Crippen LogP) is 0.507. The van der Waals surface area contributed by atoms with Gasteiger partial charge in [-0.05, 0) is 24.1 Å². The molecular weight excluding hydrogens is 219 g/mol. The number of benzene rings is 1. The summed E-state index contributed by atoms with van der Waals surface area (Å²) in [7, 11) is -4.19. The third kappa shape index (κ3) is 3.83. The lowest BCUT2D eigenvalue weighted by Crippen LogP contribution is -2.04. The Balaban J connectivity index is 2.73. The molecule has 15 heavy (non-hydrogen) atoms. The third-order valence-corrected chi connectivity index (χ3v) is 2.87. The van der Waals surface area contributed by atoms with Gasteiger partial charge in [0.15, 0.2) is 0 Å². The van der Waals surface area contributed by atoms with Crippen LogP contribution < -0.4 is 5.30 Å². The maximum absolute atomic E-state index is 10.8. The number of hydrogen-bond acceptors (Lipinski definition) is 2. The van der Waals surface area contributed by atoms with Crippen LogP contribution in [0.1, 0.15) is 12.0 Å². The molecule has 1 rings (SSSR count). The molecule has 1 aromatic carbocycles. The summed E-state index contributed by atoms with van der Waals surface area (Å²) in [4.78, 5) is 27.9. The molecule has 0 saturated carbocycles. The quantitative estimate of drug-likeness (QED) is 0.655. The third-order valence-electron chi connectivity index (χ3n) is 1.90. The highest BCUT2D eigenvalue weighted by molar-refractivity contribution is 7.60. The van der Waals surface area contributed by atoms with Gasteiger partial charge >= 0.3 is 13.6 Å². The number of rotatable bonds is 4. The van der Waals surface area contributed by atoms with E-state index >= 15 is 0 Å². The van der Waals surface area contributed by atoms with Crippen molar-refractivity contribution in [3.8, 4) is 0 Å². The summed E-state index contributed by atoms with van der Waals surface area (Å²) >= 11 is 0. The zero-order chi connectivity index (χ0) is 11.5. The second-order valence-electron chi connectivity index (χ2n) is 3.10. The maximum Gasteiger partial charge on any atom is 0.356 e. The van der Waals surface area contributed by atoms with Gasteiger partial charge < -0.3 is 14.9 Å². The first-order valence-corrected chi connectivity index (χ1v) is 5.87. The van der Waals surface area contributed by atoms with E-state index in [9.17, 15) is 9.36 Å². The number of aliphatic carboxylic acids is 1. The van der Waals surface area contributed by atoms with Crippen molar-refractivity contribution in [1.29, 1.82) is 0 Å². The first-order chi connectivity index (χ1) is 6.89. The Morgan fingerprint density at radius 3 is 2.13 bits per heavy atom. The smallest absolute Gasteiger partial charge is 0.356 e. The lowest BCUT2D eigenvalue weighted by Gasteiger charge is -2.04. The monoisotopic (exact) mass is 230 g/mol. The van der Waals surface area contributed by atoms with Crippen LogP contribution in [0.2, 0.25) is 0 Å². The van der Waals surface area contributed by atoms with Crippen LogP contribution in [-0.2, 0) is 15.8 Å². The van der Waals surface area contributed by atoms with E-state index in [1.165, 1.54) is 24.3 Å². The molecule has 0 amide bonds. The fourth-order valence-corrected chi connectivity index (χ4v) is 1.65. The zero-order valence-corrected chi connectivity index (χ0v) is 8.72. The topological polar surface area (TPSA) is 94.8 Å². The highest BCUT2D eigenvalue weighted by atomic mass is 31.2. The Morgan fingerprint density at radius 1 is 1.20 bits per heavy atom. The van der Waals surface area contributed by atoms with Crippen molar-refractivity contribution in [3.63, 3.8) is 0 Å². The predicted molar refractivity (Wildman–Crippen MR) is 54.1 cm³/mol. The molecule has 0 radical (unpaired) electrons. The van der Waals surface area contributed by atoms with Crippen LogP contribution in [-0.4, -0.2) is 20.9 Å². The number of carboxylic acid groups (broad SMARTS) is 1. The van der Waals surface area contributed by atoms with E-state index in [0.29, 0.717) is 6.42 Å². The van der Waals surface area contributed by atoms with E-state index in [1.54, 1.807) is 0 Å². The maximum atomic E-state index is 10.8. The number of carboxylic acids is 1. The van der Waals surface area contributed by atoms with Crippen LogP contribution in [0.4, 0.5) is 0 Å². The molecule has 1 aromatic rings. The van der Waals surface area contributed by atoms with E-state index in [0.717, 1.165) is 5.56 Å². The van der Waals surface area contributed by atoms with Crippen LogP contribution in [0.25, 0.3) is 0 Å². The first-order valence-electron chi connectivity index (χ1n) is 4.26. The summed E-state index contributed by atoms with van der Waals surface area (Å²) in [5, 5.41) is 8.38. The number of hydrogen-bond donors (Lipinski definition) is 3. The Labute approximate surface area is 86.5 Å². The van der Waals surface area contributed by atoms with Crippen LogP contribution >= 0.6 is 7.60 Å². The molecule has 0 bridgehead atoms. The molecule has 0 heterocycles. The van der Waals surface area contributed by atoms with Gasteiger partial charge in [0.25, 0.3) is 0 Å². The normalized spacial score (nSPS) is 11.3. The van der Waals surface area contributed by atoms with Gasteiger partial charge in [-0.2, -0.15) is 0 Å². The summed E-state index contributed by atoms with van der Waals surface area (Å²) in [5.74, 6) is -0.894. The number of aryl methyl sites for hydroxylation is 1. The van der Waals surface area contributed by atoms with E-state index < -0.39 is 13.6 Å². The van der Waals surface area contributed by atoms with Gasteiger partial charge in [-0.25, -0.2) is 0 Å².